The van der Waals surface area contributed by atoms with Crippen molar-refractivity contribution in [3.8, 4) is 5.75 Å². The molecule has 0 atom stereocenters. The van der Waals surface area contributed by atoms with Crippen LogP contribution < -0.4 is 5.48 Å². The number of carbonyl (C=O) groups excluding carboxylic acids is 1. The molecular weight excluding hydrogens is 349 g/mol. The van der Waals surface area contributed by atoms with Crippen molar-refractivity contribution < 1.29 is 19.5 Å². The summed E-state index contributed by atoms with van der Waals surface area (Å²) in [7, 11) is 0. The van der Waals surface area contributed by atoms with E-state index in [2.05, 4.69) is 4.98 Å². The first-order valence-corrected chi connectivity index (χ1v) is 7.91. The minimum atomic E-state index is -0.707. The van der Waals surface area contributed by atoms with Crippen molar-refractivity contribution in [3.05, 3.63) is 58.3 Å². The Hall–Kier alpha value is -2.64. The summed E-state index contributed by atoms with van der Waals surface area (Å²) in [6.45, 7) is 2.57. The second-order valence-corrected chi connectivity index (χ2v) is 5.95. The van der Waals surface area contributed by atoms with Gasteiger partial charge in [0.1, 0.15) is 17.3 Å². The Labute approximate surface area is 147 Å². The number of aromatic nitrogens is 2. The highest BCUT2D eigenvalue weighted by atomic mass is 35.5. The molecule has 3 rings (SSSR count). The molecule has 0 spiro atoms. The van der Waals surface area contributed by atoms with Gasteiger partial charge in [0.05, 0.1) is 10.5 Å². The maximum atomic E-state index is 13.6. The van der Waals surface area contributed by atoms with E-state index in [4.69, 9.17) is 16.8 Å². The number of aryl methyl sites for hydroxylation is 1. The normalized spacial score (nSPS) is 11.0. The molecule has 0 aliphatic carbocycles. The van der Waals surface area contributed by atoms with E-state index in [0.717, 1.165) is 22.5 Å². The van der Waals surface area contributed by atoms with E-state index in [1.165, 1.54) is 12.3 Å². The van der Waals surface area contributed by atoms with Gasteiger partial charge >= 0.3 is 0 Å². The Balaban J connectivity index is 2.10. The lowest BCUT2D eigenvalue weighted by atomic mass is 10.0. The Morgan fingerprint density at radius 1 is 1.36 bits per heavy atom. The van der Waals surface area contributed by atoms with Crippen LogP contribution in [-0.2, 0) is 13.0 Å². The molecule has 0 radical (unpaired) electrons. The van der Waals surface area contributed by atoms with Crippen molar-refractivity contribution in [3.63, 3.8) is 0 Å². The van der Waals surface area contributed by atoms with Crippen molar-refractivity contribution in [2.45, 2.75) is 19.9 Å². The maximum Gasteiger partial charge on any atom is 0.293 e. The molecule has 130 valence electrons. The monoisotopic (exact) mass is 363 g/mol. The molecular formula is C17H15ClFN3O3. The van der Waals surface area contributed by atoms with Gasteiger partial charge in [-0.1, -0.05) is 11.6 Å². The second kappa shape index (κ2) is 6.70. The molecule has 2 aromatic heterocycles. The number of hydrogen-bond donors (Lipinski definition) is 3. The fourth-order valence-corrected chi connectivity index (χ4v) is 3.03. The fourth-order valence-electron chi connectivity index (χ4n) is 2.80. The number of rotatable bonds is 4. The second-order valence-electron chi connectivity index (χ2n) is 5.54. The maximum absolute atomic E-state index is 13.6. The number of nitrogens with zero attached hydrogens (tertiary/aromatic N) is 2. The molecule has 0 saturated heterocycles. The summed E-state index contributed by atoms with van der Waals surface area (Å²) in [6, 6.07) is 3.85. The van der Waals surface area contributed by atoms with E-state index < -0.39 is 11.7 Å². The summed E-state index contributed by atoms with van der Waals surface area (Å²) in [5.41, 5.74) is 3.53. The van der Waals surface area contributed by atoms with Crippen molar-refractivity contribution in [2.24, 2.45) is 0 Å². The first-order chi connectivity index (χ1) is 11.9. The third-order valence-corrected chi connectivity index (χ3v) is 4.30. The Bertz CT molecular complexity index is 971. The molecule has 0 bridgehead atoms. The lowest BCUT2D eigenvalue weighted by Crippen LogP contribution is -2.19. The largest absolute Gasteiger partial charge is 0.506 e. The van der Waals surface area contributed by atoms with Crippen molar-refractivity contribution in [1.29, 1.82) is 0 Å². The Kier molecular flexibility index (Phi) is 4.61. The van der Waals surface area contributed by atoms with Gasteiger partial charge in [-0.15, -0.1) is 0 Å². The number of halogens is 2. The van der Waals surface area contributed by atoms with Gasteiger partial charge in [-0.05, 0) is 30.7 Å². The average Bonchev–Trinajstić information content (AvgIpc) is 2.95. The van der Waals surface area contributed by atoms with Crippen LogP contribution in [0.3, 0.4) is 0 Å². The van der Waals surface area contributed by atoms with E-state index in [9.17, 15) is 14.3 Å². The molecule has 3 aromatic rings. The van der Waals surface area contributed by atoms with Crippen LogP contribution in [0, 0.1) is 5.82 Å². The predicted molar refractivity (Wildman–Crippen MR) is 90.5 cm³/mol. The number of hydroxylamine groups is 1. The van der Waals surface area contributed by atoms with Crippen LogP contribution in [0.2, 0.25) is 5.02 Å². The van der Waals surface area contributed by atoms with E-state index in [1.807, 2.05) is 17.7 Å². The highest BCUT2D eigenvalue weighted by Gasteiger charge is 2.16. The zero-order valence-electron chi connectivity index (χ0n) is 13.3. The molecule has 1 amide bonds. The fraction of sp³-hybridized carbons (Fsp3) is 0.176. The van der Waals surface area contributed by atoms with E-state index in [0.29, 0.717) is 12.1 Å². The molecule has 6 nitrogen and oxygen atoms in total. The van der Waals surface area contributed by atoms with E-state index in [-0.39, 0.29) is 22.9 Å². The molecule has 3 N–H and O–H groups in total. The number of pyridine rings is 1. The van der Waals surface area contributed by atoms with Crippen LogP contribution in [0.25, 0.3) is 10.9 Å². The topological polar surface area (TPSA) is 87.4 Å². The van der Waals surface area contributed by atoms with Crippen LogP contribution >= 0.6 is 11.6 Å². The van der Waals surface area contributed by atoms with Crippen LogP contribution in [0.5, 0.6) is 5.75 Å². The highest BCUT2D eigenvalue weighted by molar-refractivity contribution is 6.32. The number of carbonyl (C=O) groups is 1. The minimum absolute atomic E-state index is 0.0470. The summed E-state index contributed by atoms with van der Waals surface area (Å²) in [4.78, 5) is 15.6. The van der Waals surface area contributed by atoms with Crippen LogP contribution in [0.15, 0.2) is 30.6 Å². The Morgan fingerprint density at radius 2 is 2.12 bits per heavy atom. The quantitative estimate of drug-likeness (QED) is 0.490. The highest BCUT2D eigenvalue weighted by Crippen LogP contribution is 2.32. The van der Waals surface area contributed by atoms with E-state index >= 15 is 0 Å². The van der Waals surface area contributed by atoms with Gasteiger partial charge in [0, 0.05) is 36.3 Å². The number of amides is 1. The molecule has 0 unspecified atom stereocenters. The molecule has 2 heterocycles. The third kappa shape index (κ3) is 3.16. The van der Waals surface area contributed by atoms with Crippen LogP contribution in [0.4, 0.5) is 4.39 Å². The molecule has 0 saturated carbocycles. The van der Waals surface area contributed by atoms with Gasteiger partial charge in [-0.3, -0.25) is 15.0 Å². The van der Waals surface area contributed by atoms with Gasteiger partial charge in [0.2, 0.25) is 0 Å². The standard InChI is InChI=1S/C17H15ClFN3O3/c1-2-22-8-10(3-9-4-11(19)5-13(18)16(9)23)12-7-20-14(6-15(12)22)17(24)21-25/h4-8,23,25H,2-3H2,1H3,(H,21,24). The summed E-state index contributed by atoms with van der Waals surface area (Å²) in [5.74, 6) is -1.40. The predicted octanol–water partition coefficient (Wildman–Crippen LogP) is 3.26. The average molecular weight is 364 g/mol. The smallest absolute Gasteiger partial charge is 0.293 e. The summed E-state index contributed by atoms with van der Waals surface area (Å²) in [5, 5.41) is 19.5. The number of phenolic OH excluding ortho intramolecular Hbond substituents is 1. The van der Waals surface area contributed by atoms with Crippen molar-refractivity contribution in [2.75, 3.05) is 0 Å². The van der Waals surface area contributed by atoms with Gasteiger partial charge in [-0.25, -0.2) is 9.87 Å². The Morgan fingerprint density at radius 3 is 2.80 bits per heavy atom. The third-order valence-electron chi connectivity index (χ3n) is 4.01. The first kappa shape index (κ1) is 17.2. The number of nitrogens with one attached hydrogen (secondary N) is 1. The molecule has 8 heteroatoms. The number of fused-ring (bicyclic) bond motifs is 1. The first-order valence-electron chi connectivity index (χ1n) is 7.53. The number of benzene rings is 1. The number of phenols is 1. The van der Waals surface area contributed by atoms with Gasteiger partial charge in [-0.2, -0.15) is 0 Å². The van der Waals surface area contributed by atoms with Gasteiger partial charge < -0.3 is 9.67 Å². The number of aromatic hydroxyl groups is 1. The lowest BCUT2D eigenvalue weighted by molar-refractivity contribution is 0.0701. The molecule has 0 fully saturated rings. The zero-order valence-corrected chi connectivity index (χ0v) is 14.0. The van der Waals surface area contributed by atoms with Crippen molar-refractivity contribution >= 4 is 28.4 Å². The summed E-state index contributed by atoms with van der Waals surface area (Å²) >= 11 is 5.83. The van der Waals surface area contributed by atoms with Crippen LogP contribution in [0.1, 0.15) is 28.5 Å². The van der Waals surface area contributed by atoms with Crippen LogP contribution in [-0.4, -0.2) is 25.8 Å². The SMILES string of the molecule is CCn1cc(Cc2cc(F)cc(Cl)c2O)c2cnc(C(=O)NO)cc21. The van der Waals surface area contributed by atoms with E-state index in [1.54, 1.807) is 11.5 Å². The molecule has 0 aliphatic rings. The summed E-state index contributed by atoms with van der Waals surface area (Å²) in [6.07, 6.45) is 3.62. The molecule has 25 heavy (non-hydrogen) atoms. The summed E-state index contributed by atoms with van der Waals surface area (Å²) < 4.78 is 15.5. The number of hydrogen-bond acceptors (Lipinski definition) is 4. The minimum Gasteiger partial charge on any atom is -0.506 e. The van der Waals surface area contributed by atoms with Gasteiger partial charge in [0.15, 0.2) is 0 Å². The van der Waals surface area contributed by atoms with Crippen molar-refractivity contribution in [1.82, 2.24) is 15.0 Å². The molecule has 0 aliphatic heterocycles. The zero-order chi connectivity index (χ0) is 18.1. The lowest BCUT2D eigenvalue weighted by Gasteiger charge is -2.06. The van der Waals surface area contributed by atoms with Gasteiger partial charge in [0.25, 0.3) is 5.91 Å². The molecule has 1 aromatic carbocycles.